The molecule has 0 bridgehead atoms. The molecular weight excluding hydrogens is 230 g/mol. The van der Waals surface area contributed by atoms with Crippen LogP contribution in [0.5, 0.6) is 0 Å². The smallest absolute Gasteiger partial charge is 0.338 e. The highest BCUT2D eigenvalue weighted by atomic mass is 16.4. The molecule has 0 saturated carbocycles. The van der Waals surface area contributed by atoms with Gasteiger partial charge in [0.1, 0.15) is 5.52 Å². The maximum Gasteiger partial charge on any atom is 0.338 e. The Kier molecular flexibility index (Phi) is 2.34. The quantitative estimate of drug-likeness (QED) is 0.745. The van der Waals surface area contributed by atoms with Gasteiger partial charge in [-0.1, -0.05) is 30.3 Å². The van der Waals surface area contributed by atoms with Gasteiger partial charge >= 0.3 is 5.97 Å². The van der Waals surface area contributed by atoms with Crippen LogP contribution in [0.4, 0.5) is 0 Å². The predicted octanol–water partition coefficient (Wildman–Crippen LogP) is 3.19. The summed E-state index contributed by atoms with van der Waals surface area (Å²) in [6.45, 7) is 0. The Morgan fingerprint density at radius 1 is 1.11 bits per heavy atom. The zero-order valence-corrected chi connectivity index (χ0v) is 9.33. The fourth-order valence-corrected chi connectivity index (χ4v) is 2.01. The molecule has 3 rings (SSSR count). The Morgan fingerprint density at radius 2 is 1.89 bits per heavy atom. The van der Waals surface area contributed by atoms with Gasteiger partial charge < -0.3 is 9.52 Å². The van der Waals surface area contributed by atoms with E-state index in [4.69, 9.17) is 4.42 Å². The van der Waals surface area contributed by atoms with Crippen LogP contribution in [0.25, 0.3) is 22.2 Å². The molecular formula is C14H9NO3. The van der Waals surface area contributed by atoms with Gasteiger partial charge in [0.2, 0.25) is 0 Å². The normalized spacial score (nSPS) is 10.7. The van der Waals surface area contributed by atoms with Crippen LogP contribution in [0.2, 0.25) is 0 Å². The van der Waals surface area contributed by atoms with Crippen molar-refractivity contribution in [3.63, 3.8) is 0 Å². The molecule has 0 atom stereocenters. The lowest BCUT2D eigenvalue weighted by Gasteiger charge is -2.06. The topological polar surface area (TPSA) is 63.3 Å². The molecule has 0 spiro atoms. The minimum atomic E-state index is -1.01. The molecule has 4 heteroatoms. The van der Waals surface area contributed by atoms with Crippen LogP contribution in [-0.4, -0.2) is 16.1 Å². The van der Waals surface area contributed by atoms with E-state index in [2.05, 4.69) is 4.98 Å². The lowest BCUT2D eigenvalue weighted by molar-refractivity contribution is 0.0699. The molecule has 3 aromatic rings. The number of carboxylic acids is 1. The number of hydrogen-bond acceptors (Lipinski definition) is 3. The summed E-state index contributed by atoms with van der Waals surface area (Å²) in [5, 5.41) is 9.36. The van der Waals surface area contributed by atoms with E-state index in [1.165, 1.54) is 6.39 Å². The highest BCUT2D eigenvalue weighted by Gasteiger charge is 2.18. The Balaban J connectivity index is 2.35. The summed E-state index contributed by atoms with van der Waals surface area (Å²) >= 11 is 0. The van der Waals surface area contributed by atoms with Crippen molar-refractivity contribution >= 4 is 17.1 Å². The number of hydrogen-bond donors (Lipinski definition) is 1. The number of carboxylic acid groups (broad SMARTS) is 1. The second-order valence-electron chi connectivity index (χ2n) is 3.86. The Labute approximate surface area is 103 Å². The predicted molar refractivity (Wildman–Crippen MR) is 66.4 cm³/mol. The Bertz CT molecular complexity index is 716. The standard InChI is InChI=1S/C14H9NO3/c16-14(17)12-10(9-4-2-1-3-5-9)6-7-11-13(12)15-8-18-11/h1-8H,(H,16,17). The average molecular weight is 239 g/mol. The maximum atomic E-state index is 11.4. The van der Waals surface area contributed by atoms with E-state index in [1.807, 2.05) is 30.3 Å². The number of nitrogens with zero attached hydrogens (tertiary/aromatic N) is 1. The Morgan fingerprint density at radius 3 is 2.61 bits per heavy atom. The molecule has 2 aromatic carbocycles. The van der Waals surface area contributed by atoms with E-state index < -0.39 is 5.97 Å². The van der Waals surface area contributed by atoms with Gasteiger partial charge in [0, 0.05) is 0 Å². The van der Waals surface area contributed by atoms with E-state index in [0.717, 1.165) is 5.56 Å². The number of oxazole rings is 1. The molecule has 4 nitrogen and oxygen atoms in total. The molecule has 88 valence electrons. The average Bonchev–Trinajstić information content (AvgIpc) is 2.86. The number of carbonyl (C=O) groups is 1. The first-order valence-corrected chi connectivity index (χ1v) is 5.42. The second-order valence-corrected chi connectivity index (χ2v) is 3.86. The van der Waals surface area contributed by atoms with E-state index >= 15 is 0 Å². The third-order valence-corrected chi connectivity index (χ3v) is 2.80. The van der Waals surface area contributed by atoms with E-state index in [1.54, 1.807) is 12.1 Å². The molecule has 0 saturated heterocycles. The lowest BCUT2D eigenvalue weighted by atomic mass is 9.99. The van der Waals surface area contributed by atoms with Crippen LogP contribution >= 0.6 is 0 Å². The largest absolute Gasteiger partial charge is 0.478 e. The minimum absolute atomic E-state index is 0.174. The van der Waals surface area contributed by atoms with Crippen molar-refractivity contribution < 1.29 is 14.3 Å². The number of aromatic nitrogens is 1. The summed E-state index contributed by atoms with van der Waals surface area (Å²) < 4.78 is 5.13. The SMILES string of the molecule is O=C(O)c1c(-c2ccccc2)ccc2ocnc12. The van der Waals surface area contributed by atoms with Crippen molar-refractivity contribution in [1.29, 1.82) is 0 Å². The third kappa shape index (κ3) is 1.55. The molecule has 0 fully saturated rings. The molecule has 0 aliphatic carbocycles. The van der Waals surface area contributed by atoms with Crippen LogP contribution < -0.4 is 0 Å². The first-order chi connectivity index (χ1) is 8.77. The summed E-state index contributed by atoms with van der Waals surface area (Å²) in [7, 11) is 0. The summed E-state index contributed by atoms with van der Waals surface area (Å²) in [4.78, 5) is 15.4. The van der Waals surface area contributed by atoms with Crippen molar-refractivity contribution in [3.8, 4) is 11.1 Å². The number of benzene rings is 2. The van der Waals surface area contributed by atoms with Crippen molar-refractivity contribution in [1.82, 2.24) is 4.98 Å². The summed E-state index contributed by atoms with van der Waals surface area (Å²) in [6.07, 6.45) is 1.26. The molecule has 18 heavy (non-hydrogen) atoms. The van der Waals surface area contributed by atoms with Gasteiger partial charge in [-0.25, -0.2) is 9.78 Å². The van der Waals surface area contributed by atoms with Crippen LogP contribution in [0.1, 0.15) is 10.4 Å². The van der Waals surface area contributed by atoms with E-state index in [0.29, 0.717) is 16.7 Å². The summed E-state index contributed by atoms with van der Waals surface area (Å²) in [5.74, 6) is -1.01. The highest BCUT2D eigenvalue weighted by molar-refractivity contribution is 6.06. The van der Waals surface area contributed by atoms with E-state index in [-0.39, 0.29) is 5.56 Å². The van der Waals surface area contributed by atoms with Gasteiger partial charge in [0.05, 0.1) is 5.56 Å². The number of rotatable bonds is 2. The molecule has 0 radical (unpaired) electrons. The highest BCUT2D eigenvalue weighted by Crippen LogP contribution is 2.29. The van der Waals surface area contributed by atoms with Crippen LogP contribution in [0.15, 0.2) is 53.3 Å². The fraction of sp³-hybridized carbons (Fsp3) is 0. The molecule has 1 heterocycles. The number of aromatic carboxylic acids is 1. The van der Waals surface area contributed by atoms with Crippen molar-refractivity contribution in [3.05, 3.63) is 54.4 Å². The summed E-state index contributed by atoms with van der Waals surface area (Å²) in [5.41, 5.74) is 2.52. The van der Waals surface area contributed by atoms with Crippen LogP contribution in [0.3, 0.4) is 0 Å². The molecule has 0 aliphatic heterocycles. The monoisotopic (exact) mass is 239 g/mol. The van der Waals surface area contributed by atoms with Gasteiger partial charge in [-0.2, -0.15) is 0 Å². The van der Waals surface area contributed by atoms with Crippen LogP contribution in [-0.2, 0) is 0 Å². The second kappa shape index (κ2) is 4.00. The van der Waals surface area contributed by atoms with Crippen LogP contribution in [0, 0.1) is 0 Å². The van der Waals surface area contributed by atoms with Crippen molar-refractivity contribution in [2.24, 2.45) is 0 Å². The molecule has 0 unspecified atom stereocenters. The molecule has 0 amide bonds. The molecule has 1 aromatic heterocycles. The van der Waals surface area contributed by atoms with Crippen molar-refractivity contribution in [2.75, 3.05) is 0 Å². The van der Waals surface area contributed by atoms with E-state index in [9.17, 15) is 9.90 Å². The third-order valence-electron chi connectivity index (χ3n) is 2.80. The summed E-state index contributed by atoms with van der Waals surface area (Å²) in [6, 6.07) is 12.8. The van der Waals surface area contributed by atoms with Gasteiger partial charge in [0.15, 0.2) is 12.0 Å². The first-order valence-electron chi connectivity index (χ1n) is 5.42. The molecule has 0 aliphatic rings. The minimum Gasteiger partial charge on any atom is -0.478 e. The zero-order valence-electron chi connectivity index (χ0n) is 9.33. The lowest BCUT2D eigenvalue weighted by Crippen LogP contribution is -2.00. The maximum absolute atomic E-state index is 11.4. The Hall–Kier alpha value is -2.62. The van der Waals surface area contributed by atoms with Gasteiger partial charge in [-0.05, 0) is 23.3 Å². The van der Waals surface area contributed by atoms with Crippen molar-refractivity contribution in [2.45, 2.75) is 0 Å². The zero-order chi connectivity index (χ0) is 12.5. The fourth-order valence-electron chi connectivity index (χ4n) is 2.01. The molecule has 1 N–H and O–H groups in total. The van der Waals surface area contributed by atoms with Gasteiger partial charge in [-0.3, -0.25) is 0 Å². The number of fused-ring (bicyclic) bond motifs is 1. The first kappa shape index (κ1) is 10.5. The van der Waals surface area contributed by atoms with Gasteiger partial charge in [0.25, 0.3) is 0 Å². The van der Waals surface area contributed by atoms with Gasteiger partial charge in [-0.15, -0.1) is 0 Å².